The molecule has 1 aromatic rings. The maximum absolute atomic E-state index is 12.7. The number of hydrogen-bond acceptors (Lipinski definition) is 5. The zero-order chi connectivity index (χ0) is 15.4. The van der Waals surface area contributed by atoms with Crippen LogP contribution < -0.4 is 5.73 Å². The summed E-state index contributed by atoms with van der Waals surface area (Å²) in [6.07, 6.45) is 0. The Morgan fingerprint density at radius 2 is 2.24 bits per heavy atom. The number of carbonyl (C=O) groups excluding carboxylic acids is 2. The third-order valence-corrected chi connectivity index (χ3v) is 4.58. The van der Waals surface area contributed by atoms with Crippen LogP contribution in [0, 0.1) is 6.92 Å². The lowest BCUT2D eigenvalue weighted by Crippen LogP contribution is -2.51. The molecule has 0 saturated carbocycles. The topological polar surface area (TPSA) is 72.6 Å². The molecule has 1 atom stereocenters. The maximum Gasteiger partial charge on any atom is 0.329 e. The lowest BCUT2D eigenvalue weighted by Gasteiger charge is -2.34. The highest BCUT2D eigenvalue weighted by Gasteiger charge is 2.34. The summed E-state index contributed by atoms with van der Waals surface area (Å²) in [6, 6.07) is 4.75. The predicted molar refractivity (Wildman–Crippen MR) is 84.4 cm³/mol. The van der Waals surface area contributed by atoms with Gasteiger partial charge in [0.1, 0.15) is 6.04 Å². The van der Waals surface area contributed by atoms with Crippen LogP contribution in [0.5, 0.6) is 0 Å². The third-order valence-electron chi connectivity index (χ3n) is 3.55. The van der Waals surface area contributed by atoms with Crippen LogP contribution in [0.15, 0.2) is 18.2 Å². The lowest BCUT2D eigenvalue weighted by atomic mass is 10.0. The van der Waals surface area contributed by atoms with Crippen molar-refractivity contribution in [2.75, 3.05) is 30.4 Å². The van der Waals surface area contributed by atoms with E-state index in [-0.39, 0.29) is 11.9 Å². The molecule has 21 heavy (non-hydrogen) atoms. The number of carbonyl (C=O) groups is 2. The van der Waals surface area contributed by atoms with E-state index in [1.54, 1.807) is 41.8 Å². The summed E-state index contributed by atoms with van der Waals surface area (Å²) in [4.78, 5) is 26.4. The number of anilines is 1. The van der Waals surface area contributed by atoms with E-state index in [4.69, 9.17) is 10.5 Å². The second-order valence-corrected chi connectivity index (χ2v) is 6.01. The first-order valence-corrected chi connectivity index (χ1v) is 8.12. The van der Waals surface area contributed by atoms with Crippen LogP contribution in [0.4, 0.5) is 5.69 Å². The lowest BCUT2D eigenvalue weighted by molar-refractivity contribution is -0.147. The number of benzene rings is 1. The van der Waals surface area contributed by atoms with Crippen LogP contribution in [-0.2, 0) is 9.53 Å². The molecule has 1 aromatic carbocycles. The fraction of sp³-hybridized carbons (Fsp3) is 0.467. The summed E-state index contributed by atoms with van der Waals surface area (Å²) in [7, 11) is 0. The Hall–Kier alpha value is -1.69. The maximum atomic E-state index is 12.7. The van der Waals surface area contributed by atoms with Crippen molar-refractivity contribution in [2.45, 2.75) is 19.9 Å². The Kier molecular flexibility index (Phi) is 5.12. The molecule has 1 aliphatic heterocycles. The van der Waals surface area contributed by atoms with Crippen molar-refractivity contribution in [3.63, 3.8) is 0 Å². The van der Waals surface area contributed by atoms with Gasteiger partial charge in [-0.2, -0.15) is 11.8 Å². The molecule has 0 aromatic heterocycles. The fourth-order valence-electron chi connectivity index (χ4n) is 2.32. The average molecular weight is 308 g/mol. The molecule has 5 nitrogen and oxygen atoms in total. The number of nitrogen functional groups attached to an aromatic ring is 1. The molecule has 2 rings (SSSR count). The molecule has 0 bridgehead atoms. The summed E-state index contributed by atoms with van der Waals surface area (Å²) in [5.74, 6) is 0.910. The highest BCUT2D eigenvalue weighted by atomic mass is 32.2. The van der Waals surface area contributed by atoms with Crippen molar-refractivity contribution in [1.82, 2.24) is 4.90 Å². The number of hydrogen-bond donors (Lipinski definition) is 1. The SMILES string of the molecule is CCOC(=O)C1CSCCN1C(=O)c1cccc(N)c1C. The number of nitrogens with two attached hydrogens (primary N) is 1. The molecule has 1 saturated heterocycles. The molecule has 1 amide bonds. The molecule has 114 valence electrons. The van der Waals surface area contributed by atoms with E-state index in [1.807, 2.05) is 6.92 Å². The molecule has 1 unspecified atom stereocenters. The quantitative estimate of drug-likeness (QED) is 0.679. The van der Waals surface area contributed by atoms with Crippen molar-refractivity contribution < 1.29 is 14.3 Å². The van der Waals surface area contributed by atoms with E-state index in [2.05, 4.69) is 0 Å². The van der Waals surface area contributed by atoms with Crippen LogP contribution in [-0.4, -0.2) is 47.5 Å². The minimum Gasteiger partial charge on any atom is -0.464 e. The van der Waals surface area contributed by atoms with Gasteiger partial charge in [-0.3, -0.25) is 4.79 Å². The molecule has 6 heteroatoms. The van der Waals surface area contributed by atoms with Crippen LogP contribution >= 0.6 is 11.8 Å². The van der Waals surface area contributed by atoms with Crippen molar-refractivity contribution in [1.29, 1.82) is 0 Å². The monoisotopic (exact) mass is 308 g/mol. The fourth-order valence-corrected chi connectivity index (χ4v) is 3.35. The zero-order valence-corrected chi connectivity index (χ0v) is 13.1. The van der Waals surface area contributed by atoms with Gasteiger partial charge in [0.15, 0.2) is 0 Å². The Morgan fingerprint density at radius 1 is 1.48 bits per heavy atom. The van der Waals surface area contributed by atoms with E-state index >= 15 is 0 Å². The van der Waals surface area contributed by atoms with Gasteiger partial charge in [0.2, 0.25) is 0 Å². The zero-order valence-electron chi connectivity index (χ0n) is 12.3. The van der Waals surface area contributed by atoms with E-state index in [0.717, 1.165) is 11.3 Å². The molecule has 1 fully saturated rings. The Bertz CT molecular complexity index is 548. The Morgan fingerprint density at radius 3 is 2.95 bits per heavy atom. The molecule has 1 heterocycles. The number of thioether (sulfide) groups is 1. The largest absolute Gasteiger partial charge is 0.464 e. The van der Waals surface area contributed by atoms with Gasteiger partial charge in [-0.25, -0.2) is 4.79 Å². The van der Waals surface area contributed by atoms with Gasteiger partial charge in [0.05, 0.1) is 6.61 Å². The van der Waals surface area contributed by atoms with Crippen LogP contribution in [0.3, 0.4) is 0 Å². The first kappa shape index (κ1) is 15.7. The molecule has 0 spiro atoms. The molecule has 1 aliphatic rings. The number of ether oxygens (including phenoxy) is 1. The summed E-state index contributed by atoms with van der Waals surface area (Å²) < 4.78 is 5.08. The molecular formula is C15H20N2O3S. The summed E-state index contributed by atoms with van der Waals surface area (Å²) in [5, 5.41) is 0. The third kappa shape index (κ3) is 3.32. The van der Waals surface area contributed by atoms with Gasteiger partial charge in [0, 0.05) is 29.3 Å². The van der Waals surface area contributed by atoms with Gasteiger partial charge in [-0.15, -0.1) is 0 Å². The van der Waals surface area contributed by atoms with E-state index in [1.165, 1.54) is 0 Å². The standard InChI is InChI=1S/C15H20N2O3S/c1-3-20-15(19)13-9-21-8-7-17(13)14(18)11-5-4-6-12(16)10(11)2/h4-6,13H,3,7-9,16H2,1-2H3. The van der Waals surface area contributed by atoms with Crippen molar-refractivity contribution >= 4 is 29.3 Å². The first-order valence-electron chi connectivity index (χ1n) is 6.96. The molecule has 2 N–H and O–H groups in total. The minimum atomic E-state index is -0.517. The Labute approximate surface area is 128 Å². The van der Waals surface area contributed by atoms with Crippen LogP contribution in [0.2, 0.25) is 0 Å². The first-order chi connectivity index (χ1) is 10.1. The predicted octanol–water partition coefficient (Wildman–Crippen LogP) is 1.70. The molecule has 0 aliphatic carbocycles. The normalized spacial score (nSPS) is 18.4. The van der Waals surface area contributed by atoms with Gasteiger partial charge >= 0.3 is 5.97 Å². The van der Waals surface area contributed by atoms with E-state index in [0.29, 0.717) is 30.2 Å². The van der Waals surface area contributed by atoms with Crippen LogP contribution in [0.1, 0.15) is 22.8 Å². The summed E-state index contributed by atoms with van der Waals surface area (Å²) in [5.41, 5.74) is 7.75. The van der Waals surface area contributed by atoms with Gasteiger partial charge in [-0.05, 0) is 31.5 Å². The summed E-state index contributed by atoms with van der Waals surface area (Å²) >= 11 is 1.66. The van der Waals surface area contributed by atoms with Crippen molar-refractivity contribution in [2.24, 2.45) is 0 Å². The van der Waals surface area contributed by atoms with Gasteiger partial charge in [0.25, 0.3) is 5.91 Å². The van der Waals surface area contributed by atoms with Crippen molar-refractivity contribution in [3.05, 3.63) is 29.3 Å². The second-order valence-electron chi connectivity index (χ2n) is 4.86. The second kappa shape index (κ2) is 6.85. The van der Waals surface area contributed by atoms with Gasteiger partial charge < -0.3 is 15.4 Å². The average Bonchev–Trinajstić information content (AvgIpc) is 2.49. The van der Waals surface area contributed by atoms with Gasteiger partial charge in [-0.1, -0.05) is 6.07 Å². The molecule has 0 radical (unpaired) electrons. The number of esters is 1. The highest BCUT2D eigenvalue weighted by molar-refractivity contribution is 7.99. The van der Waals surface area contributed by atoms with E-state index < -0.39 is 6.04 Å². The number of rotatable bonds is 3. The summed E-state index contributed by atoms with van der Waals surface area (Å²) in [6.45, 7) is 4.45. The molecular weight excluding hydrogens is 288 g/mol. The number of nitrogens with zero attached hydrogens (tertiary/aromatic N) is 1. The highest BCUT2D eigenvalue weighted by Crippen LogP contribution is 2.23. The Balaban J connectivity index is 2.26. The van der Waals surface area contributed by atoms with Crippen molar-refractivity contribution in [3.8, 4) is 0 Å². The minimum absolute atomic E-state index is 0.154. The van der Waals surface area contributed by atoms with Crippen LogP contribution in [0.25, 0.3) is 0 Å². The smallest absolute Gasteiger partial charge is 0.329 e. The van der Waals surface area contributed by atoms with E-state index in [9.17, 15) is 9.59 Å². The number of amides is 1.